The number of nitrogens with zero attached hydrogens (tertiary/aromatic N) is 6. The van der Waals surface area contributed by atoms with E-state index in [2.05, 4.69) is 58.2 Å². The lowest BCUT2D eigenvalue weighted by atomic mass is 9.84. The van der Waals surface area contributed by atoms with E-state index in [1.54, 1.807) is 0 Å². The van der Waals surface area contributed by atoms with Gasteiger partial charge in [-0.2, -0.15) is 4.68 Å². The van der Waals surface area contributed by atoms with Crippen molar-refractivity contribution in [2.45, 2.75) is 40.0 Å². The number of hydrogen-bond acceptors (Lipinski definition) is 5. The highest BCUT2D eigenvalue weighted by Gasteiger charge is 2.34. The molecule has 0 radical (unpaired) electrons. The van der Waals surface area contributed by atoms with Crippen molar-refractivity contribution in [3.8, 4) is 5.69 Å². The molecule has 2 aliphatic heterocycles. The van der Waals surface area contributed by atoms with Gasteiger partial charge in [-0.05, 0) is 65.6 Å². The Balaban J connectivity index is 1.35. The Bertz CT molecular complexity index is 727. The molecule has 2 aliphatic rings. The zero-order chi connectivity index (χ0) is 18.9. The molecule has 0 saturated carbocycles. The highest BCUT2D eigenvalue weighted by molar-refractivity contribution is 5.40. The number of para-hydroxylation sites is 1. The third-order valence-electron chi connectivity index (χ3n) is 5.95. The molecule has 3 heterocycles. The minimum atomic E-state index is 0.396. The summed E-state index contributed by atoms with van der Waals surface area (Å²) in [6.07, 6.45) is 3.86. The molecule has 0 bridgehead atoms. The van der Waals surface area contributed by atoms with Crippen LogP contribution in [0.15, 0.2) is 30.3 Å². The molecule has 4 rings (SSSR count). The van der Waals surface area contributed by atoms with Gasteiger partial charge in [0, 0.05) is 26.2 Å². The summed E-state index contributed by atoms with van der Waals surface area (Å²) in [5.41, 5.74) is 1.42. The van der Waals surface area contributed by atoms with Crippen LogP contribution in [-0.2, 0) is 0 Å². The largest absolute Gasteiger partial charge is 0.339 e. The van der Waals surface area contributed by atoms with Crippen molar-refractivity contribution >= 4 is 5.95 Å². The highest BCUT2D eigenvalue weighted by atomic mass is 15.6. The first-order valence-electron chi connectivity index (χ1n) is 10.3. The van der Waals surface area contributed by atoms with E-state index in [1.807, 2.05) is 22.9 Å². The quantitative estimate of drug-likeness (QED) is 0.829. The van der Waals surface area contributed by atoms with Crippen LogP contribution in [0.2, 0.25) is 0 Å². The number of aromatic nitrogens is 4. The molecule has 6 nitrogen and oxygen atoms in total. The number of likely N-dealkylation sites (tertiary alicyclic amines) is 1. The number of piperidine rings is 1. The van der Waals surface area contributed by atoms with Gasteiger partial charge in [-0.1, -0.05) is 44.1 Å². The molecular weight excluding hydrogens is 336 g/mol. The van der Waals surface area contributed by atoms with Crippen LogP contribution in [-0.4, -0.2) is 57.8 Å². The van der Waals surface area contributed by atoms with Crippen molar-refractivity contribution in [3.05, 3.63) is 30.3 Å². The topological polar surface area (TPSA) is 50.1 Å². The number of anilines is 1. The van der Waals surface area contributed by atoms with Crippen LogP contribution < -0.4 is 4.90 Å². The molecular formula is C21H32N6. The summed E-state index contributed by atoms with van der Waals surface area (Å²) in [6, 6.07) is 10.2. The minimum Gasteiger partial charge on any atom is -0.339 e. The molecule has 1 aromatic carbocycles. The van der Waals surface area contributed by atoms with Gasteiger partial charge in [-0.3, -0.25) is 0 Å². The van der Waals surface area contributed by atoms with Gasteiger partial charge in [0.05, 0.1) is 5.69 Å². The fourth-order valence-electron chi connectivity index (χ4n) is 4.75. The summed E-state index contributed by atoms with van der Waals surface area (Å²) in [5, 5.41) is 12.4. The Hall–Kier alpha value is -1.95. The molecule has 1 atom stereocenters. The lowest BCUT2D eigenvalue weighted by Crippen LogP contribution is -2.38. The van der Waals surface area contributed by atoms with Crippen LogP contribution in [0, 0.1) is 17.3 Å². The predicted octanol–water partition coefficient (Wildman–Crippen LogP) is 3.25. The summed E-state index contributed by atoms with van der Waals surface area (Å²) in [5.74, 6) is 2.58. The fraction of sp³-hybridized carbons (Fsp3) is 0.667. The maximum absolute atomic E-state index is 4.31. The van der Waals surface area contributed by atoms with Crippen LogP contribution >= 0.6 is 0 Å². The first-order chi connectivity index (χ1) is 13.0. The van der Waals surface area contributed by atoms with Crippen LogP contribution in [0.4, 0.5) is 5.95 Å². The molecule has 0 amide bonds. The Morgan fingerprint density at radius 2 is 1.67 bits per heavy atom. The van der Waals surface area contributed by atoms with Gasteiger partial charge >= 0.3 is 0 Å². The van der Waals surface area contributed by atoms with Crippen molar-refractivity contribution in [1.82, 2.24) is 25.1 Å². The zero-order valence-corrected chi connectivity index (χ0v) is 16.9. The van der Waals surface area contributed by atoms with Gasteiger partial charge in [0.1, 0.15) is 0 Å². The fourth-order valence-corrected chi connectivity index (χ4v) is 4.75. The average Bonchev–Trinajstić information content (AvgIpc) is 3.31. The first kappa shape index (κ1) is 18.4. The van der Waals surface area contributed by atoms with Gasteiger partial charge in [-0.15, -0.1) is 0 Å². The molecule has 27 heavy (non-hydrogen) atoms. The summed E-state index contributed by atoms with van der Waals surface area (Å²) >= 11 is 0. The maximum atomic E-state index is 4.31. The van der Waals surface area contributed by atoms with E-state index < -0.39 is 0 Å². The third kappa shape index (κ3) is 4.32. The van der Waals surface area contributed by atoms with Gasteiger partial charge in [0.2, 0.25) is 5.95 Å². The molecule has 0 spiro atoms. The van der Waals surface area contributed by atoms with Crippen molar-refractivity contribution in [2.75, 3.05) is 37.6 Å². The van der Waals surface area contributed by atoms with E-state index >= 15 is 0 Å². The standard InChI is InChI=1S/C21H32N6/c1-21(2,3)16-25-12-9-18(15-25)17-10-13-26(14-11-17)20-22-23-24-27(20)19-7-5-4-6-8-19/h4-8,17-18H,9-16H2,1-3H3. The lowest BCUT2D eigenvalue weighted by Gasteiger charge is -2.35. The van der Waals surface area contributed by atoms with Gasteiger partial charge in [-0.25, -0.2) is 0 Å². The van der Waals surface area contributed by atoms with Crippen LogP contribution in [0.1, 0.15) is 40.0 Å². The molecule has 0 N–H and O–H groups in total. The zero-order valence-electron chi connectivity index (χ0n) is 16.9. The highest BCUT2D eigenvalue weighted by Crippen LogP contribution is 2.34. The number of tetrazole rings is 1. The Morgan fingerprint density at radius 3 is 2.37 bits per heavy atom. The predicted molar refractivity (Wildman–Crippen MR) is 108 cm³/mol. The maximum Gasteiger partial charge on any atom is 0.250 e. The second kappa shape index (κ2) is 7.58. The number of benzene rings is 1. The second-order valence-electron chi connectivity index (χ2n) is 9.40. The third-order valence-corrected chi connectivity index (χ3v) is 5.95. The second-order valence-corrected chi connectivity index (χ2v) is 9.40. The van der Waals surface area contributed by atoms with Gasteiger partial charge in [0.25, 0.3) is 0 Å². The summed E-state index contributed by atoms with van der Waals surface area (Å²) in [7, 11) is 0. The van der Waals surface area contributed by atoms with E-state index in [0.717, 1.165) is 36.6 Å². The van der Waals surface area contributed by atoms with Crippen molar-refractivity contribution in [3.63, 3.8) is 0 Å². The SMILES string of the molecule is CC(C)(C)CN1CCC(C2CCN(c3nnnn3-c3ccccc3)CC2)C1. The van der Waals surface area contributed by atoms with Crippen molar-refractivity contribution in [2.24, 2.45) is 17.3 Å². The summed E-state index contributed by atoms with van der Waals surface area (Å²) in [6.45, 7) is 12.9. The Labute approximate surface area is 162 Å². The molecule has 2 fully saturated rings. The molecule has 2 aromatic rings. The Morgan fingerprint density at radius 1 is 0.963 bits per heavy atom. The normalized spacial score (nSPS) is 22.5. The average molecular weight is 369 g/mol. The van der Waals surface area contributed by atoms with Gasteiger partial charge in [0.15, 0.2) is 0 Å². The van der Waals surface area contributed by atoms with E-state index in [9.17, 15) is 0 Å². The molecule has 1 aromatic heterocycles. The van der Waals surface area contributed by atoms with Crippen LogP contribution in [0.5, 0.6) is 0 Å². The minimum absolute atomic E-state index is 0.396. The van der Waals surface area contributed by atoms with Crippen molar-refractivity contribution < 1.29 is 0 Å². The van der Waals surface area contributed by atoms with E-state index in [1.165, 1.54) is 38.9 Å². The molecule has 0 aliphatic carbocycles. The number of rotatable bonds is 4. The Kier molecular flexibility index (Phi) is 5.17. The molecule has 2 saturated heterocycles. The van der Waals surface area contributed by atoms with E-state index in [-0.39, 0.29) is 0 Å². The number of hydrogen-bond donors (Lipinski definition) is 0. The van der Waals surface area contributed by atoms with E-state index in [4.69, 9.17) is 0 Å². The smallest absolute Gasteiger partial charge is 0.250 e. The molecule has 146 valence electrons. The van der Waals surface area contributed by atoms with E-state index in [0.29, 0.717) is 5.41 Å². The van der Waals surface area contributed by atoms with Crippen LogP contribution in [0.3, 0.4) is 0 Å². The first-order valence-corrected chi connectivity index (χ1v) is 10.3. The van der Waals surface area contributed by atoms with Crippen molar-refractivity contribution in [1.29, 1.82) is 0 Å². The van der Waals surface area contributed by atoms with Crippen LogP contribution in [0.25, 0.3) is 5.69 Å². The molecule has 6 heteroatoms. The summed E-state index contributed by atoms with van der Waals surface area (Å²) < 4.78 is 1.86. The lowest BCUT2D eigenvalue weighted by molar-refractivity contribution is 0.203. The molecule has 1 unspecified atom stereocenters. The van der Waals surface area contributed by atoms with Gasteiger partial charge < -0.3 is 9.80 Å². The monoisotopic (exact) mass is 368 g/mol. The summed E-state index contributed by atoms with van der Waals surface area (Å²) in [4.78, 5) is 5.03.